The van der Waals surface area contributed by atoms with E-state index in [2.05, 4.69) is 24.1 Å². The molecule has 0 spiro atoms. The highest BCUT2D eigenvalue weighted by molar-refractivity contribution is 7.10. The molecule has 108 valence electrons. The monoisotopic (exact) mass is 292 g/mol. The fourth-order valence-electron chi connectivity index (χ4n) is 2.33. The van der Waals surface area contributed by atoms with E-state index in [4.69, 9.17) is 5.11 Å². The van der Waals surface area contributed by atoms with Crippen LogP contribution in [0.1, 0.15) is 30.2 Å². The third kappa shape index (κ3) is 4.26. The maximum absolute atomic E-state index is 12.1. The second kappa shape index (κ2) is 7.32. The molecule has 2 rings (SSSR count). The average molecular weight is 292 g/mol. The van der Waals surface area contributed by atoms with Crippen molar-refractivity contribution in [2.75, 3.05) is 19.7 Å². The zero-order valence-electron chi connectivity index (χ0n) is 11.7. The molecule has 1 aliphatic heterocycles. The molecule has 5 heteroatoms. The molecular weight excluding hydrogens is 272 g/mol. The summed E-state index contributed by atoms with van der Waals surface area (Å²) in [6.45, 7) is 4.30. The summed E-state index contributed by atoms with van der Waals surface area (Å²) in [5.41, 5.74) is 0.889. The SMILES string of the molecule is CC1CCCN(C(=O)NCc2cc(C#CCO)cs2)C1. The van der Waals surface area contributed by atoms with Gasteiger partial charge in [-0.05, 0) is 24.8 Å². The van der Waals surface area contributed by atoms with Crippen molar-refractivity contribution in [3.05, 3.63) is 21.9 Å². The highest BCUT2D eigenvalue weighted by atomic mass is 32.1. The Hall–Kier alpha value is -1.51. The first-order valence-corrected chi connectivity index (χ1v) is 7.77. The van der Waals surface area contributed by atoms with Gasteiger partial charge in [0, 0.05) is 28.9 Å². The number of aliphatic hydroxyl groups is 1. The van der Waals surface area contributed by atoms with E-state index in [-0.39, 0.29) is 12.6 Å². The van der Waals surface area contributed by atoms with E-state index in [0.717, 1.165) is 30.0 Å². The van der Waals surface area contributed by atoms with Crippen molar-refractivity contribution in [1.82, 2.24) is 10.2 Å². The third-order valence-electron chi connectivity index (χ3n) is 3.32. The number of thiophene rings is 1. The topological polar surface area (TPSA) is 52.6 Å². The fraction of sp³-hybridized carbons (Fsp3) is 0.533. The Morgan fingerprint density at radius 1 is 1.65 bits per heavy atom. The second-order valence-electron chi connectivity index (χ2n) is 5.11. The number of nitrogens with one attached hydrogen (secondary N) is 1. The highest BCUT2D eigenvalue weighted by Crippen LogP contribution is 2.16. The van der Waals surface area contributed by atoms with Crippen molar-refractivity contribution in [1.29, 1.82) is 0 Å². The summed E-state index contributed by atoms with van der Waals surface area (Å²) in [4.78, 5) is 15.0. The molecule has 1 aromatic heterocycles. The van der Waals surface area contributed by atoms with Gasteiger partial charge < -0.3 is 15.3 Å². The van der Waals surface area contributed by atoms with Gasteiger partial charge in [-0.2, -0.15) is 0 Å². The van der Waals surface area contributed by atoms with Crippen LogP contribution in [0.2, 0.25) is 0 Å². The molecule has 2 heterocycles. The summed E-state index contributed by atoms with van der Waals surface area (Å²) >= 11 is 1.57. The van der Waals surface area contributed by atoms with Gasteiger partial charge in [-0.1, -0.05) is 18.8 Å². The van der Waals surface area contributed by atoms with Crippen LogP contribution in [0, 0.1) is 17.8 Å². The van der Waals surface area contributed by atoms with Crippen molar-refractivity contribution in [3.8, 4) is 11.8 Å². The standard InChI is InChI=1S/C15H20N2O2S/c1-12-4-2-6-17(10-12)15(19)16-9-14-8-13(11-20-14)5-3-7-18/h8,11-12,18H,2,4,6-7,9-10H2,1H3,(H,16,19). The maximum atomic E-state index is 12.1. The quantitative estimate of drug-likeness (QED) is 0.820. The number of carbonyl (C=O) groups is 1. The normalized spacial score (nSPS) is 18.3. The van der Waals surface area contributed by atoms with E-state index in [0.29, 0.717) is 12.5 Å². The third-order valence-corrected chi connectivity index (χ3v) is 4.26. The van der Waals surface area contributed by atoms with Crippen LogP contribution in [-0.4, -0.2) is 35.7 Å². The summed E-state index contributed by atoms with van der Waals surface area (Å²) in [6.07, 6.45) is 2.30. The molecule has 0 aromatic carbocycles. The van der Waals surface area contributed by atoms with Gasteiger partial charge in [0.2, 0.25) is 0 Å². The van der Waals surface area contributed by atoms with Crippen LogP contribution < -0.4 is 5.32 Å². The van der Waals surface area contributed by atoms with Crippen molar-refractivity contribution in [3.63, 3.8) is 0 Å². The van der Waals surface area contributed by atoms with Crippen LogP contribution in [0.4, 0.5) is 4.79 Å². The fourth-order valence-corrected chi connectivity index (χ4v) is 3.08. The zero-order valence-corrected chi connectivity index (χ0v) is 12.5. The zero-order chi connectivity index (χ0) is 14.4. The first-order chi connectivity index (χ1) is 9.69. The van der Waals surface area contributed by atoms with E-state index >= 15 is 0 Å². The second-order valence-corrected chi connectivity index (χ2v) is 6.11. The molecule has 0 radical (unpaired) electrons. The molecule has 0 aliphatic carbocycles. The van der Waals surface area contributed by atoms with Crippen LogP contribution in [-0.2, 0) is 6.54 Å². The predicted molar refractivity (Wildman–Crippen MR) is 80.5 cm³/mol. The lowest BCUT2D eigenvalue weighted by atomic mass is 10.0. The Labute approximate surface area is 123 Å². The number of hydrogen-bond acceptors (Lipinski definition) is 3. The van der Waals surface area contributed by atoms with Crippen LogP contribution in [0.25, 0.3) is 0 Å². The molecule has 1 saturated heterocycles. The summed E-state index contributed by atoms with van der Waals surface area (Å²) in [7, 11) is 0. The average Bonchev–Trinajstić information content (AvgIpc) is 2.90. The first kappa shape index (κ1) is 14.9. The summed E-state index contributed by atoms with van der Waals surface area (Å²) < 4.78 is 0. The molecule has 2 amide bonds. The first-order valence-electron chi connectivity index (χ1n) is 6.89. The van der Waals surface area contributed by atoms with Crippen LogP contribution in [0.15, 0.2) is 11.4 Å². The molecule has 1 fully saturated rings. The molecule has 0 saturated carbocycles. The lowest BCUT2D eigenvalue weighted by Gasteiger charge is -2.30. The van der Waals surface area contributed by atoms with E-state index in [1.54, 1.807) is 11.3 Å². The Kier molecular flexibility index (Phi) is 5.45. The number of nitrogens with zero attached hydrogens (tertiary/aromatic N) is 1. The van der Waals surface area contributed by atoms with E-state index in [1.165, 1.54) is 6.42 Å². The number of hydrogen-bond donors (Lipinski definition) is 2. The Morgan fingerprint density at radius 3 is 3.25 bits per heavy atom. The molecule has 1 aromatic rings. The molecule has 2 N–H and O–H groups in total. The van der Waals surface area contributed by atoms with Crippen molar-refractivity contribution in [2.24, 2.45) is 5.92 Å². The number of piperidine rings is 1. The number of rotatable bonds is 2. The van der Waals surface area contributed by atoms with Crippen LogP contribution in [0.3, 0.4) is 0 Å². The van der Waals surface area contributed by atoms with E-state index < -0.39 is 0 Å². The summed E-state index contributed by atoms with van der Waals surface area (Å²) in [5.74, 6) is 6.07. The van der Waals surface area contributed by atoms with E-state index in [9.17, 15) is 4.79 Å². The van der Waals surface area contributed by atoms with Gasteiger partial charge in [0.15, 0.2) is 0 Å². The smallest absolute Gasteiger partial charge is 0.317 e. The predicted octanol–water partition coefficient (Wildman–Crippen LogP) is 2.03. The van der Waals surface area contributed by atoms with Gasteiger partial charge in [-0.3, -0.25) is 0 Å². The minimum Gasteiger partial charge on any atom is -0.384 e. The molecule has 1 unspecified atom stereocenters. The summed E-state index contributed by atoms with van der Waals surface area (Å²) in [6, 6.07) is 1.97. The van der Waals surface area contributed by atoms with E-state index in [1.807, 2.05) is 16.3 Å². The molecule has 20 heavy (non-hydrogen) atoms. The summed E-state index contributed by atoms with van der Waals surface area (Å²) in [5, 5.41) is 13.5. The van der Waals surface area contributed by atoms with Gasteiger partial charge in [-0.15, -0.1) is 11.3 Å². The van der Waals surface area contributed by atoms with Gasteiger partial charge >= 0.3 is 6.03 Å². The minimum atomic E-state index is -0.130. The van der Waals surface area contributed by atoms with Gasteiger partial charge in [0.05, 0.1) is 6.54 Å². The van der Waals surface area contributed by atoms with Crippen LogP contribution >= 0.6 is 11.3 Å². The minimum absolute atomic E-state index is 0.0212. The Bertz CT molecular complexity index is 515. The number of amides is 2. The Morgan fingerprint density at radius 2 is 2.50 bits per heavy atom. The molecule has 1 aliphatic rings. The highest BCUT2D eigenvalue weighted by Gasteiger charge is 2.20. The molecule has 0 bridgehead atoms. The van der Waals surface area contributed by atoms with Crippen molar-refractivity contribution >= 4 is 17.4 Å². The van der Waals surface area contributed by atoms with Gasteiger partial charge in [0.25, 0.3) is 0 Å². The molecule has 4 nitrogen and oxygen atoms in total. The number of urea groups is 1. The number of carbonyl (C=O) groups excluding carboxylic acids is 1. The molecular formula is C15H20N2O2S. The van der Waals surface area contributed by atoms with Crippen LogP contribution in [0.5, 0.6) is 0 Å². The molecule has 1 atom stereocenters. The van der Waals surface area contributed by atoms with Gasteiger partial charge in [0.1, 0.15) is 6.61 Å². The van der Waals surface area contributed by atoms with Crippen molar-refractivity contribution in [2.45, 2.75) is 26.3 Å². The largest absolute Gasteiger partial charge is 0.384 e. The lowest BCUT2D eigenvalue weighted by Crippen LogP contribution is -2.44. The lowest BCUT2D eigenvalue weighted by molar-refractivity contribution is 0.169. The Balaban J connectivity index is 1.82. The number of likely N-dealkylation sites (tertiary alicyclic amines) is 1. The maximum Gasteiger partial charge on any atom is 0.317 e. The van der Waals surface area contributed by atoms with Gasteiger partial charge in [-0.25, -0.2) is 4.79 Å². The number of aliphatic hydroxyl groups excluding tert-OH is 1. The van der Waals surface area contributed by atoms with Crippen molar-refractivity contribution < 1.29 is 9.90 Å².